The maximum atomic E-state index is 12.4. The maximum absolute atomic E-state index is 12.4. The molecule has 1 saturated heterocycles. The van der Waals surface area contributed by atoms with E-state index in [1.54, 1.807) is 0 Å². The zero-order valence-electron chi connectivity index (χ0n) is 15.0. The van der Waals surface area contributed by atoms with Crippen molar-refractivity contribution < 1.29 is 9.53 Å². The van der Waals surface area contributed by atoms with E-state index in [1.807, 2.05) is 24.5 Å². The summed E-state index contributed by atoms with van der Waals surface area (Å²) in [7, 11) is 0. The Labute approximate surface area is 149 Å². The van der Waals surface area contributed by atoms with Gasteiger partial charge in [-0.1, -0.05) is 23.8 Å². The molecule has 2 aromatic rings. The Morgan fingerprint density at radius 1 is 1.20 bits per heavy atom. The highest BCUT2D eigenvalue weighted by atomic mass is 16.5. The van der Waals surface area contributed by atoms with Gasteiger partial charge in [-0.2, -0.15) is 0 Å². The molecule has 1 aliphatic heterocycles. The number of aromatic nitrogens is 1. The van der Waals surface area contributed by atoms with E-state index in [2.05, 4.69) is 42.3 Å². The lowest BCUT2D eigenvalue weighted by atomic mass is 9.95. The van der Waals surface area contributed by atoms with Crippen molar-refractivity contribution >= 4 is 5.91 Å². The third kappa shape index (κ3) is 4.89. The van der Waals surface area contributed by atoms with Crippen molar-refractivity contribution in [3.63, 3.8) is 0 Å². The number of hydrogen-bond donors (Lipinski definition) is 1. The fourth-order valence-corrected chi connectivity index (χ4v) is 3.43. The molecule has 25 heavy (non-hydrogen) atoms. The van der Waals surface area contributed by atoms with Crippen molar-refractivity contribution in [2.75, 3.05) is 13.2 Å². The number of benzene rings is 1. The lowest BCUT2D eigenvalue weighted by molar-refractivity contribution is -0.122. The number of nitrogens with one attached hydrogen (secondary N) is 1. The molecular weight excluding hydrogens is 312 g/mol. The molecule has 132 valence electrons. The van der Waals surface area contributed by atoms with Crippen LogP contribution >= 0.6 is 0 Å². The molecule has 4 heteroatoms. The fraction of sp³-hybridized carbons (Fsp3) is 0.429. The van der Waals surface area contributed by atoms with Gasteiger partial charge >= 0.3 is 0 Å². The summed E-state index contributed by atoms with van der Waals surface area (Å²) in [5, 5.41) is 3.17. The average Bonchev–Trinajstić information content (AvgIpc) is 3.02. The number of nitrogens with zero attached hydrogens (tertiary/aromatic N) is 1. The summed E-state index contributed by atoms with van der Waals surface area (Å²) >= 11 is 0. The smallest absolute Gasteiger partial charge is 0.220 e. The topological polar surface area (TPSA) is 51.2 Å². The van der Waals surface area contributed by atoms with Gasteiger partial charge in [0.15, 0.2) is 0 Å². The van der Waals surface area contributed by atoms with E-state index in [0.29, 0.717) is 25.6 Å². The molecule has 1 aliphatic rings. The van der Waals surface area contributed by atoms with Crippen LogP contribution in [0.2, 0.25) is 0 Å². The number of carbonyl (C=O) groups is 1. The SMILES string of the molecule is Cc1ccc(CCC(=O)N[C@@H]2COC[C@H]2Cc2ccncc2)c(C)c1. The monoisotopic (exact) mass is 338 g/mol. The number of hydrogen-bond acceptors (Lipinski definition) is 3. The number of aryl methyl sites for hydroxylation is 3. The third-order valence-corrected chi connectivity index (χ3v) is 4.91. The molecule has 0 spiro atoms. The van der Waals surface area contributed by atoms with E-state index >= 15 is 0 Å². The Hall–Kier alpha value is -2.20. The highest BCUT2D eigenvalue weighted by Gasteiger charge is 2.29. The van der Waals surface area contributed by atoms with Gasteiger partial charge in [0.25, 0.3) is 0 Å². The van der Waals surface area contributed by atoms with Crippen LogP contribution in [0.3, 0.4) is 0 Å². The number of rotatable bonds is 6. The fourth-order valence-electron chi connectivity index (χ4n) is 3.43. The minimum atomic E-state index is 0.0970. The Morgan fingerprint density at radius 3 is 2.76 bits per heavy atom. The second kappa shape index (κ2) is 8.26. The van der Waals surface area contributed by atoms with Gasteiger partial charge in [0.05, 0.1) is 19.3 Å². The summed E-state index contributed by atoms with van der Waals surface area (Å²) in [6, 6.07) is 10.6. The van der Waals surface area contributed by atoms with Gasteiger partial charge in [-0.25, -0.2) is 0 Å². The molecule has 1 fully saturated rings. The Bertz CT molecular complexity index is 715. The van der Waals surface area contributed by atoms with Crippen LogP contribution in [0.4, 0.5) is 0 Å². The quantitative estimate of drug-likeness (QED) is 0.881. The molecule has 1 amide bonds. The lowest BCUT2D eigenvalue weighted by Crippen LogP contribution is -2.40. The molecule has 0 radical (unpaired) electrons. The number of pyridine rings is 1. The molecule has 4 nitrogen and oxygen atoms in total. The van der Waals surface area contributed by atoms with Crippen LogP contribution in [-0.4, -0.2) is 30.1 Å². The van der Waals surface area contributed by atoms with Crippen molar-refractivity contribution in [2.45, 2.75) is 39.2 Å². The molecule has 3 rings (SSSR count). The Morgan fingerprint density at radius 2 is 2.00 bits per heavy atom. The maximum Gasteiger partial charge on any atom is 0.220 e. The summed E-state index contributed by atoms with van der Waals surface area (Å²) in [5.74, 6) is 0.433. The zero-order chi connectivity index (χ0) is 17.6. The van der Waals surface area contributed by atoms with E-state index in [9.17, 15) is 4.79 Å². The van der Waals surface area contributed by atoms with Crippen LogP contribution in [0.5, 0.6) is 0 Å². The van der Waals surface area contributed by atoms with Gasteiger partial charge in [0, 0.05) is 24.7 Å². The molecule has 2 atom stereocenters. The number of carbonyl (C=O) groups excluding carboxylic acids is 1. The standard InChI is InChI=1S/C21H26N2O2/c1-15-3-4-18(16(2)11-15)5-6-21(24)23-20-14-25-13-19(20)12-17-7-9-22-10-8-17/h3-4,7-11,19-20H,5-6,12-14H2,1-2H3,(H,23,24)/t19-,20-/m1/s1. The first kappa shape index (κ1) is 17.6. The summed E-state index contributed by atoms with van der Waals surface area (Å²) < 4.78 is 5.61. The van der Waals surface area contributed by atoms with Gasteiger partial charge in [-0.3, -0.25) is 9.78 Å². The largest absolute Gasteiger partial charge is 0.379 e. The van der Waals surface area contributed by atoms with E-state index in [1.165, 1.54) is 22.3 Å². The first-order chi connectivity index (χ1) is 12.1. The highest BCUT2D eigenvalue weighted by Crippen LogP contribution is 2.19. The summed E-state index contributed by atoms with van der Waals surface area (Å²) in [5.41, 5.74) is 5.00. The van der Waals surface area contributed by atoms with Gasteiger partial charge < -0.3 is 10.1 Å². The van der Waals surface area contributed by atoms with Gasteiger partial charge in [0.1, 0.15) is 0 Å². The third-order valence-electron chi connectivity index (χ3n) is 4.91. The van der Waals surface area contributed by atoms with Crippen molar-refractivity contribution in [3.05, 3.63) is 65.0 Å². The van der Waals surface area contributed by atoms with Crippen LogP contribution in [0.15, 0.2) is 42.7 Å². The van der Waals surface area contributed by atoms with E-state index in [4.69, 9.17) is 4.74 Å². The van der Waals surface area contributed by atoms with Gasteiger partial charge in [-0.05, 0) is 55.5 Å². The predicted molar refractivity (Wildman–Crippen MR) is 98.4 cm³/mol. The Kier molecular flexibility index (Phi) is 5.82. The Balaban J connectivity index is 1.51. The van der Waals surface area contributed by atoms with Gasteiger partial charge in [-0.15, -0.1) is 0 Å². The summed E-state index contributed by atoms with van der Waals surface area (Å²) in [6.07, 6.45) is 5.82. The normalized spacial score (nSPS) is 19.8. The van der Waals surface area contributed by atoms with E-state index < -0.39 is 0 Å². The highest BCUT2D eigenvalue weighted by molar-refractivity contribution is 5.76. The zero-order valence-corrected chi connectivity index (χ0v) is 15.0. The second-order valence-corrected chi connectivity index (χ2v) is 6.96. The average molecular weight is 338 g/mol. The summed E-state index contributed by atoms with van der Waals surface area (Å²) in [6.45, 7) is 5.50. The van der Waals surface area contributed by atoms with Crippen molar-refractivity contribution in [1.29, 1.82) is 0 Å². The lowest BCUT2D eigenvalue weighted by Gasteiger charge is -2.19. The molecular formula is C21H26N2O2. The van der Waals surface area contributed by atoms with Crippen LogP contribution in [0.1, 0.15) is 28.7 Å². The van der Waals surface area contributed by atoms with Crippen molar-refractivity contribution in [3.8, 4) is 0 Å². The molecule has 0 saturated carbocycles. The minimum Gasteiger partial charge on any atom is -0.379 e. The summed E-state index contributed by atoms with van der Waals surface area (Å²) in [4.78, 5) is 16.4. The van der Waals surface area contributed by atoms with Crippen LogP contribution in [0, 0.1) is 19.8 Å². The molecule has 1 aromatic heterocycles. The molecule has 1 N–H and O–H groups in total. The molecule has 0 unspecified atom stereocenters. The minimum absolute atomic E-state index is 0.0970. The first-order valence-corrected chi connectivity index (χ1v) is 8.94. The van der Waals surface area contributed by atoms with Crippen molar-refractivity contribution in [1.82, 2.24) is 10.3 Å². The molecule has 0 bridgehead atoms. The van der Waals surface area contributed by atoms with Gasteiger partial charge in [0.2, 0.25) is 5.91 Å². The molecule has 1 aromatic carbocycles. The predicted octanol–water partition coefficient (Wildman–Crippen LogP) is 3.00. The number of amides is 1. The first-order valence-electron chi connectivity index (χ1n) is 8.94. The van der Waals surface area contributed by atoms with Crippen LogP contribution < -0.4 is 5.32 Å². The number of ether oxygens (including phenoxy) is 1. The molecule has 2 heterocycles. The molecule has 0 aliphatic carbocycles. The van der Waals surface area contributed by atoms with E-state index in [-0.39, 0.29) is 11.9 Å². The second-order valence-electron chi connectivity index (χ2n) is 6.96. The van der Waals surface area contributed by atoms with E-state index in [0.717, 1.165) is 12.8 Å². The van der Waals surface area contributed by atoms with Crippen LogP contribution in [-0.2, 0) is 22.4 Å². The van der Waals surface area contributed by atoms with Crippen LogP contribution in [0.25, 0.3) is 0 Å². The van der Waals surface area contributed by atoms with Crippen molar-refractivity contribution in [2.24, 2.45) is 5.92 Å².